The van der Waals surface area contributed by atoms with E-state index in [-0.39, 0.29) is 5.54 Å². The van der Waals surface area contributed by atoms with E-state index < -0.39 is 11.8 Å². The third kappa shape index (κ3) is 4.53. The molecule has 0 spiro atoms. The molecule has 0 saturated carbocycles. The Morgan fingerprint density at radius 3 is 2.55 bits per heavy atom. The van der Waals surface area contributed by atoms with Crippen molar-refractivity contribution in [3.05, 3.63) is 48.3 Å². The Balaban J connectivity index is 3.22. The van der Waals surface area contributed by atoms with Crippen molar-refractivity contribution in [1.29, 1.82) is 0 Å². The van der Waals surface area contributed by atoms with Crippen LogP contribution in [0.5, 0.6) is 0 Å². The Morgan fingerprint density at radius 1 is 1.40 bits per heavy atom. The first-order chi connectivity index (χ1) is 9.24. The molecule has 0 aliphatic rings. The molecule has 0 radical (unpaired) electrons. The van der Waals surface area contributed by atoms with Crippen LogP contribution in [-0.4, -0.2) is 23.2 Å². The summed E-state index contributed by atoms with van der Waals surface area (Å²) in [6.07, 6.45) is 4.13. The van der Waals surface area contributed by atoms with E-state index in [9.17, 15) is 9.18 Å². The summed E-state index contributed by atoms with van der Waals surface area (Å²) in [5.41, 5.74) is 1.01. The first kappa shape index (κ1) is 16.0. The zero-order valence-corrected chi connectivity index (χ0v) is 12.1. The predicted molar refractivity (Wildman–Crippen MR) is 80.4 cm³/mol. The van der Waals surface area contributed by atoms with E-state index in [2.05, 4.69) is 6.58 Å². The van der Waals surface area contributed by atoms with Crippen LogP contribution in [0.4, 0.5) is 10.1 Å². The molecule has 1 aromatic carbocycles. The normalized spacial score (nSPS) is 11.6. The van der Waals surface area contributed by atoms with Crippen LogP contribution in [0.15, 0.2) is 36.9 Å². The highest BCUT2D eigenvalue weighted by Crippen LogP contribution is 2.26. The number of hydrogen-bond acceptors (Lipinski definition) is 2. The number of carboxylic acids is 1. The molecule has 0 unspecified atom stereocenters. The van der Waals surface area contributed by atoms with Crippen molar-refractivity contribution in [2.45, 2.75) is 26.3 Å². The molecular weight excluding hydrogens is 257 g/mol. The lowest BCUT2D eigenvalue weighted by molar-refractivity contribution is -0.131. The Labute approximate surface area is 119 Å². The van der Waals surface area contributed by atoms with Gasteiger partial charge in [0.2, 0.25) is 0 Å². The summed E-state index contributed by atoms with van der Waals surface area (Å²) in [6, 6.07) is 4.50. The Morgan fingerprint density at radius 2 is 2.05 bits per heavy atom. The number of halogens is 1. The van der Waals surface area contributed by atoms with Crippen LogP contribution in [0.25, 0.3) is 6.08 Å². The van der Waals surface area contributed by atoms with Crippen molar-refractivity contribution in [2.24, 2.45) is 0 Å². The van der Waals surface area contributed by atoms with E-state index in [0.29, 0.717) is 17.8 Å². The lowest BCUT2D eigenvalue weighted by Gasteiger charge is -2.37. The average Bonchev–Trinajstić information content (AvgIpc) is 2.31. The molecular formula is C16H20FNO2. The summed E-state index contributed by atoms with van der Waals surface area (Å²) in [7, 11) is 0. The van der Waals surface area contributed by atoms with Gasteiger partial charge in [0.15, 0.2) is 0 Å². The fourth-order valence-corrected chi connectivity index (χ4v) is 1.91. The van der Waals surface area contributed by atoms with Gasteiger partial charge in [0.1, 0.15) is 5.82 Å². The summed E-state index contributed by atoms with van der Waals surface area (Å²) >= 11 is 0. The van der Waals surface area contributed by atoms with Crippen molar-refractivity contribution in [3.8, 4) is 0 Å². The predicted octanol–water partition coefficient (Wildman–Crippen LogP) is 3.71. The van der Waals surface area contributed by atoms with E-state index in [1.165, 1.54) is 18.2 Å². The van der Waals surface area contributed by atoms with Gasteiger partial charge < -0.3 is 10.0 Å². The Bertz CT molecular complexity index is 530. The molecule has 0 heterocycles. The minimum atomic E-state index is -1.06. The highest BCUT2D eigenvalue weighted by molar-refractivity contribution is 5.85. The van der Waals surface area contributed by atoms with Gasteiger partial charge in [0.05, 0.1) is 0 Å². The van der Waals surface area contributed by atoms with Crippen molar-refractivity contribution in [2.75, 3.05) is 11.4 Å². The van der Waals surface area contributed by atoms with Crippen LogP contribution in [0.1, 0.15) is 26.3 Å². The fraction of sp³-hybridized carbons (Fsp3) is 0.312. The molecule has 0 fully saturated rings. The number of benzene rings is 1. The van der Waals surface area contributed by atoms with E-state index in [4.69, 9.17) is 5.11 Å². The standard InChI is InChI=1S/C16H20FNO2/c1-5-8-18(16(2,3)4)14-10-12(6-7-15(19)20)9-13(17)11-14/h5-7,9-11H,1,8H2,2-4H3,(H,19,20)/b7-6+. The van der Waals surface area contributed by atoms with Crippen molar-refractivity contribution >= 4 is 17.7 Å². The molecule has 3 nitrogen and oxygen atoms in total. The van der Waals surface area contributed by atoms with Gasteiger partial charge in [-0.1, -0.05) is 6.08 Å². The quantitative estimate of drug-likeness (QED) is 0.659. The maximum absolute atomic E-state index is 13.7. The molecule has 0 aliphatic heterocycles. The molecule has 1 N–H and O–H groups in total. The van der Waals surface area contributed by atoms with Gasteiger partial charge in [-0.15, -0.1) is 6.58 Å². The van der Waals surface area contributed by atoms with E-state index in [0.717, 1.165) is 6.08 Å². The van der Waals surface area contributed by atoms with E-state index >= 15 is 0 Å². The van der Waals surface area contributed by atoms with Gasteiger partial charge in [-0.2, -0.15) is 0 Å². The van der Waals surface area contributed by atoms with Crippen molar-refractivity contribution in [1.82, 2.24) is 0 Å². The largest absolute Gasteiger partial charge is 0.478 e. The van der Waals surface area contributed by atoms with E-state index in [1.807, 2.05) is 25.7 Å². The van der Waals surface area contributed by atoms with Gasteiger partial charge in [-0.25, -0.2) is 9.18 Å². The summed E-state index contributed by atoms with van der Waals surface area (Å²) in [5, 5.41) is 8.63. The molecule has 0 amide bonds. The number of aliphatic carboxylic acids is 1. The number of rotatable bonds is 5. The molecule has 0 aromatic heterocycles. The van der Waals surface area contributed by atoms with Crippen LogP contribution in [0.2, 0.25) is 0 Å². The zero-order chi connectivity index (χ0) is 15.3. The van der Waals surface area contributed by atoms with Gasteiger partial charge in [-0.3, -0.25) is 0 Å². The van der Waals surface area contributed by atoms with Crippen LogP contribution < -0.4 is 4.90 Å². The summed E-state index contributed by atoms with van der Waals surface area (Å²) in [6.45, 7) is 10.4. The SMILES string of the molecule is C=CCN(c1cc(F)cc(/C=C/C(=O)O)c1)C(C)(C)C. The zero-order valence-electron chi connectivity index (χ0n) is 12.1. The highest BCUT2D eigenvalue weighted by Gasteiger charge is 2.21. The van der Waals surface area contributed by atoms with Gasteiger partial charge in [0, 0.05) is 23.8 Å². The smallest absolute Gasteiger partial charge is 0.328 e. The third-order valence-electron chi connectivity index (χ3n) is 2.76. The molecule has 20 heavy (non-hydrogen) atoms. The van der Waals surface area contributed by atoms with Gasteiger partial charge >= 0.3 is 5.97 Å². The summed E-state index contributed by atoms with van der Waals surface area (Å²) in [4.78, 5) is 12.5. The minimum Gasteiger partial charge on any atom is -0.478 e. The number of hydrogen-bond donors (Lipinski definition) is 1. The van der Waals surface area contributed by atoms with Crippen LogP contribution in [0.3, 0.4) is 0 Å². The molecule has 0 atom stereocenters. The molecule has 4 heteroatoms. The second-order valence-corrected chi connectivity index (χ2v) is 5.48. The number of carbonyl (C=O) groups is 1. The lowest BCUT2D eigenvalue weighted by atomic mass is 10.0. The lowest BCUT2D eigenvalue weighted by Crippen LogP contribution is -2.41. The highest BCUT2D eigenvalue weighted by atomic mass is 19.1. The first-order valence-electron chi connectivity index (χ1n) is 6.34. The molecule has 0 bridgehead atoms. The maximum atomic E-state index is 13.7. The second-order valence-electron chi connectivity index (χ2n) is 5.48. The fourth-order valence-electron chi connectivity index (χ4n) is 1.91. The van der Waals surface area contributed by atoms with Crippen LogP contribution in [0, 0.1) is 5.82 Å². The second kappa shape index (κ2) is 6.37. The minimum absolute atomic E-state index is 0.199. The molecule has 108 valence electrons. The molecule has 0 aliphatic carbocycles. The Hall–Kier alpha value is -2.10. The van der Waals surface area contributed by atoms with Crippen molar-refractivity contribution in [3.63, 3.8) is 0 Å². The number of anilines is 1. The van der Waals surface area contributed by atoms with Crippen molar-refractivity contribution < 1.29 is 14.3 Å². The van der Waals surface area contributed by atoms with Crippen LogP contribution in [-0.2, 0) is 4.79 Å². The number of nitrogens with zero attached hydrogens (tertiary/aromatic N) is 1. The molecule has 1 rings (SSSR count). The van der Waals surface area contributed by atoms with Crippen LogP contribution >= 0.6 is 0 Å². The summed E-state index contributed by atoms with van der Waals surface area (Å²) < 4.78 is 13.7. The maximum Gasteiger partial charge on any atom is 0.328 e. The van der Waals surface area contributed by atoms with E-state index in [1.54, 1.807) is 12.1 Å². The molecule has 0 saturated heterocycles. The summed E-state index contributed by atoms with van der Waals surface area (Å²) in [5.74, 6) is -1.46. The topological polar surface area (TPSA) is 40.5 Å². The average molecular weight is 277 g/mol. The monoisotopic (exact) mass is 277 g/mol. The van der Waals surface area contributed by atoms with Gasteiger partial charge in [-0.05, 0) is 50.6 Å². The number of carboxylic acid groups (broad SMARTS) is 1. The van der Waals surface area contributed by atoms with Gasteiger partial charge in [0.25, 0.3) is 0 Å². The Kier molecular flexibility index (Phi) is 5.08. The third-order valence-corrected chi connectivity index (χ3v) is 2.76. The first-order valence-corrected chi connectivity index (χ1v) is 6.34. The molecule has 1 aromatic rings.